The molecule has 1 N–H and O–H groups in total. The molecule has 0 saturated carbocycles. The van der Waals surface area contributed by atoms with Crippen molar-refractivity contribution in [1.82, 2.24) is 5.32 Å². The monoisotopic (exact) mass is 271 g/mol. The molecule has 2 rings (SSSR count). The predicted octanol–water partition coefficient (Wildman–Crippen LogP) is 4.34. The summed E-state index contributed by atoms with van der Waals surface area (Å²) in [6.45, 7) is 6.67. The fourth-order valence-electron chi connectivity index (χ4n) is 2.41. The lowest BCUT2D eigenvalue weighted by Gasteiger charge is -2.14. The van der Waals surface area contributed by atoms with Crippen LogP contribution in [0.15, 0.2) is 36.4 Å². The van der Waals surface area contributed by atoms with E-state index in [9.17, 15) is 0 Å². The van der Waals surface area contributed by atoms with E-state index in [0.29, 0.717) is 5.92 Å². The zero-order valence-corrected chi connectivity index (χ0v) is 12.8. The van der Waals surface area contributed by atoms with E-state index in [0.717, 1.165) is 18.8 Å². The van der Waals surface area contributed by atoms with Crippen LogP contribution in [-0.2, 0) is 0 Å². The molecular formula is C18H25NO. The summed E-state index contributed by atoms with van der Waals surface area (Å²) < 4.78 is 5.27. The Kier molecular flexibility index (Phi) is 5.42. The minimum Gasteiger partial charge on any atom is -0.497 e. The number of rotatable bonds is 7. The first-order chi connectivity index (χ1) is 9.74. The third-order valence-corrected chi connectivity index (χ3v) is 3.80. The third kappa shape index (κ3) is 3.73. The Morgan fingerprint density at radius 2 is 1.85 bits per heavy atom. The Morgan fingerprint density at radius 3 is 2.60 bits per heavy atom. The highest BCUT2D eigenvalue weighted by molar-refractivity contribution is 5.84. The summed E-state index contributed by atoms with van der Waals surface area (Å²) in [6.07, 6.45) is 2.50. The predicted molar refractivity (Wildman–Crippen MR) is 86.7 cm³/mol. The number of hydrogen-bond acceptors (Lipinski definition) is 2. The van der Waals surface area contributed by atoms with Gasteiger partial charge in [-0.1, -0.05) is 44.5 Å². The summed E-state index contributed by atoms with van der Waals surface area (Å²) in [5.41, 5.74) is 1.40. The molecule has 0 amide bonds. The molecule has 2 aromatic rings. The maximum atomic E-state index is 5.27. The SMILES string of the molecule is CCCCNCC(C)c1ccc2cc(OC)ccc2c1. The van der Waals surface area contributed by atoms with Crippen LogP contribution in [0.5, 0.6) is 5.75 Å². The Hall–Kier alpha value is -1.54. The maximum Gasteiger partial charge on any atom is 0.119 e. The van der Waals surface area contributed by atoms with Crippen LogP contribution in [0.1, 0.15) is 38.2 Å². The molecule has 2 nitrogen and oxygen atoms in total. The maximum absolute atomic E-state index is 5.27. The molecule has 0 bridgehead atoms. The van der Waals surface area contributed by atoms with Crippen LogP contribution in [0.25, 0.3) is 10.8 Å². The van der Waals surface area contributed by atoms with Gasteiger partial charge in [-0.3, -0.25) is 0 Å². The molecule has 1 atom stereocenters. The summed E-state index contributed by atoms with van der Waals surface area (Å²) in [4.78, 5) is 0. The van der Waals surface area contributed by atoms with Crippen molar-refractivity contribution in [1.29, 1.82) is 0 Å². The van der Waals surface area contributed by atoms with Gasteiger partial charge in [-0.25, -0.2) is 0 Å². The summed E-state index contributed by atoms with van der Waals surface area (Å²) in [5, 5.41) is 6.05. The molecule has 20 heavy (non-hydrogen) atoms. The Labute approximate surface area is 122 Å². The molecule has 2 heteroatoms. The highest BCUT2D eigenvalue weighted by Gasteiger charge is 2.06. The van der Waals surface area contributed by atoms with Crippen molar-refractivity contribution in [2.24, 2.45) is 0 Å². The number of hydrogen-bond donors (Lipinski definition) is 1. The van der Waals surface area contributed by atoms with Gasteiger partial charge in [-0.2, -0.15) is 0 Å². The molecule has 0 spiro atoms. The van der Waals surface area contributed by atoms with E-state index in [2.05, 4.69) is 49.5 Å². The number of methoxy groups -OCH3 is 1. The van der Waals surface area contributed by atoms with Gasteiger partial charge in [0.25, 0.3) is 0 Å². The lowest BCUT2D eigenvalue weighted by atomic mass is 9.97. The first-order valence-corrected chi connectivity index (χ1v) is 7.53. The quantitative estimate of drug-likeness (QED) is 0.756. The molecule has 0 aliphatic heterocycles. The molecule has 0 aliphatic carbocycles. The van der Waals surface area contributed by atoms with Gasteiger partial charge < -0.3 is 10.1 Å². The van der Waals surface area contributed by atoms with Crippen molar-refractivity contribution >= 4 is 10.8 Å². The summed E-state index contributed by atoms with van der Waals surface area (Å²) >= 11 is 0. The molecule has 0 heterocycles. The van der Waals surface area contributed by atoms with Gasteiger partial charge in [0.05, 0.1) is 7.11 Å². The van der Waals surface area contributed by atoms with E-state index in [1.807, 2.05) is 6.07 Å². The minimum atomic E-state index is 0.540. The van der Waals surface area contributed by atoms with E-state index in [-0.39, 0.29) is 0 Å². The molecule has 0 aliphatic rings. The van der Waals surface area contributed by atoms with Gasteiger partial charge in [-0.05, 0) is 47.4 Å². The van der Waals surface area contributed by atoms with Crippen LogP contribution < -0.4 is 10.1 Å². The van der Waals surface area contributed by atoms with Gasteiger partial charge in [0, 0.05) is 6.54 Å². The topological polar surface area (TPSA) is 21.3 Å². The second-order valence-corrected chi connectivity index (χ2v) is 5.43. The smallest absolute Gasteiger partial charge is 0.119 e. The van der Waals surface area contributed by atoms with E-state index in [1.54, 1.807) is 7.11 Å². The minimum absolute atomic E-state index is 0.540. The third-order valence-electron chi connectivity index (χ3n) is 3.80. The Balaban J connectivity index is 2.07. The van der Waals surface area contributed by atoms with Crippen LogP contribution in [0.4, 0.5) is 0 Å². The van der Waals surface area contributed by atoms with Gasteiger partial charge in [0.2, 0.25) is 0 Å². The molecule has 0 saturated heterocycles. The van der Waals surface area contributed by atoms with E-state index >= 15 is 0 Å². The fraction of sp³-hybridized carbons (Fsp3) is 0.444. The normalized spacial score (nSPS) is 12.6. The average Bonchev–Trinajstić information content (AvgIpc) is 2.50. The summed E-state index contributed by atoms with van der Waals surface area (Å²) in [7, 11) is 1.71. The highest BCUT2D eigenvalue weighted by Crippen LogP contribution is 2.24. The molecule has 0 fully saturated rings. The van der Waals surface area contributed by atoms with Crippen molar-refractivity contribution in [3.8, 4) is 5.75 Å². The lowest BCUT2D eigenvalue weighted by Crippen LogP contribution is -2.21. The van der Waals surface area contributed by atoms with Crippen LogP contribution in [0, 0.1) is 0 Å². The molecule has 108 valence electrons. The van der Waals surface area contributed by atoms with Crippen molar-refractivity contribution in [2.45, 2.75) is 32.6 Å². The second kappa shape index (κ2) is 7.30. The molecule has 2 aromatic carbocycles. The van der Waals surface area contributed by atoms with E-state index in [1.165, 1.54) is 29.2 Å². The second-order valence-electron chi connectivity index (χ2n) is 5.43. The zero-order chi connectivity index (χ0) is 14.4. The van der Waals surface area contributed by atoms with Gasteiger partial charge in [0.15, 0.2) is 0 Å². The molecule has 0 radical (unpaired) electrons. The number of benzene rings is 2. The van der Waals surface area contributed by atoms with Gasteiger partial charge in [0.1, 0.15) is 5.75 Å². The van der Waals surface area contributed by atoms with E-state index in [4.69, 9.17) is 4.74 Å². The summed E-state index contributed by atoms with van der Waals surface area (Å²) in [6, 6.07) is 13.0. The van der Waals surface area contributed by atoms with Crippen molar-refractivity contribution in [3.05, 3.63) is 42.0 Å². The first-order valence-electron chi connectivity index (χ1n) is 7.53. The van der Waals surface area contributed by atoms with Crippen LogP contribution in [-0.4, -0.2) is 20.2 Å². The molecular weight excluding hydrogens is 246 g/mol. The summed E-state index contributed by atoms with van der Waals surface area (Å²) in [5.74, 6) is 1.46. The first kappa shape index (κ1) is 14.9. The number of unbranched alkanes of at least 4 members (excludes halogenated alkanes) is 1. The standard InChI is InChI=1S/C18H25NO/c1-4-5-10-19-13-14(2)15-6-7-17-12-18(20-3)9-8-16(17)11-15/h6-9,11-12,14,19H,4-5,10,13H2,1-3H3. The molecule has 0 aromatic heterocycles. The van der Waals surface area contributed by atoms with Gasteiger partial charge in [-0.15, -0.1) is 0 Å². The van der Waals surface area contributed by atoms with E-state index < -0.39 is 0 Å². The zero-order valence-electron chi connectivity index (χ0n) is 12.8. The average molecular weight is 271 g/mol. The number of nitrogens with one attached hydrogen (secondary N) is 1. The van der Waals surface area contributed by atoms with Crippen molar-refractivity contribution < 1.29 is 4.74 Å². The Bertz CT molecular complexity index is 550. The molecule has 1 unspecified atom stereocenters. The fourth-order valence-corrected chi connectivity index (χ4v) is 2.41. The van der Waals surface area contributed by atoms with Crippen molar-refractivity contribution in [3.63, 3.8) is 0 Å². The van der Waals surface area contributed by atoms with Crippen LogP contribution in [0.3, 0.4) is 0 Å². The number of fused-ring (bicyclic) bond motifs is 1. The Morgan fingerprint density at radius 1 is 1.10 bits per heavy atom. The lowest BCUT2D eigenvalue weighted by molar-refractivity contribution is 0.415. The van der Waals surface area contributed by atoms with Gasteiger partial charge >= 0.3 is 0 Å². The number of ether oxygens (including phenoxy) is 1. The largest absolute Gasteiger partial charge is 0.497 e. The van der Waals surface area contributed by atoms with Crippen molar-refractivity contribution in [2.75, 3.05) is 20.2 Å². The van der Waals surface area contributed by atoms with Crippen LogP contribution in [0.2, 0.25) is 0 Å². The van der Waals surface area contributed by atoms with Crippen LogP contribution >= 0.6 is 0 Å². The highest BCUT2D eigenvalue weighted by atomic mass is 16.5.